The van der Waals surface area contributed by atoms with Crippen molar-refractivity contribution in [1.82, 2.24) is 4.90 Å². The molecule has 0 aromatic heterocycles. The Kier molecular flexibility index (Phi) is 2.36. The molecular weight excluding hydrogens is 186 g/mol. The van der Waals surface area contributed by atoms with Gasteiger partial charge in [0.2, 0.25) is 0 Å². The lowest BCUT2D eigenvalue weighted by atomic mass is 10.1. The second-order valence-electron chi connectivity index (χ2n) is 4.20. The highest BCUT2D eigenvalue weighted by Crippen LogP contribution is 2.28. The molecule has 0 amide bonds. The van der Waals surface area contributed by atoms with E-state index in [-0.39, 0.29) is 5.25 Å². The largest absolute Gasteiger partial charge is 0.298 e. The number of nitrogens with zero attached hydrogens (tertiary/aromatic N) is 1. The van der Waals surface area contributed by atoms with Crippen LogP contribution in [0.4, 0.5) is 0 Å². The topological polar surface area (TPSA) is 37.4 Å². The highest BCUT2D eigenvalue weighted by molar-refractivity contribution is 7.93. The molecule has 13 heavy (non-hydrogen) atoms. The van der Waals surface area contributed by atoms with Crippen LogP contribution < -0.4 is 0 Å². The standard InChI is InChI=1S/C9H17NO2S/c1-8-9(7-13(8,11)12)10-5-3-2-4-6-10/h8-9H,2-7H2,1H3/t8-,9-/m1/s1. The van der Waals surface area contributed by atoms with Gasteiger partial charge in [0.1, 0.15) is 0 Å². The molecule has 0 N–H and O–H groups in total. The number of hydrogen-bond acceptors (Lipinski definition) is 3. The minimum absolute atomic E-state index is 0.120. The van der Waals surface area contributed by atoms with Gasteiger partial charge in [-0.05, 0) is 32.9 Å². The Bertz CT molecular complexity index is 280. The van der Waals surface area contributed by atoms with Crippen molar-refractivity contribution in [2.24, 2.45) is 0 Å². The lowest BCUT2D eigenvalue weighted by molar-refractivity contribution is 0.161. The molecular formula is C9H17NO2S. The molecule has 2 heterocycles. The summed E-state index contributed by atoms with van der Waals surface area (Å²) < 4.78 is 22.5. The summed E-state index contributed by atoms with van der Waals surface area (Å²) in [4.78, 5) is 2.36. The van der Waals surface area contributed by atoms with Crippen LogP contribution in [-0.4, -0.2) is 43.5 Å². The number of likely N-dealkylation sites (tertiary alicyclic amines) is 1. The maximum Gasteiger partial charge on any atom is 0.156 e. The van der Waals surface area contributed by atoms with Crippen LogP contribution in [-0.2, 0) is 9.84 Å². The summed E-state index contributed by atoms with van der Waals surface area (Å²) in [6.45, 7) is 4.05. The van der Waals surface area contributed by atoms with Gasteiger partial charge in [-0.15, -0.1) is 0 Å². The van der Waals surface area contributed by atoms with E-state index in [2.05, 4.69) is 4.90 Å². The van der Waals surface area contributed by atoms with Gasteiger partial charge >= 0.3 is 0 Å². The molecule has 0 unspecified atom stereocenters. The fourth-order valence-corrected chi connectivity index (χ4v) is 3.96. The van der Waals surface area contributed by atoms with Crippen LogP contribution in [0.2, 0.25) is 0 Å². The first kappa shape index (κ1) is 9.46. The molecule has 76 valence electrons. The molecule has 0 spiro atoms. The third-order valence-corrected chi connectivity index (χ3v) is 5.62. The molecule has 2 rings (SSSR count). The van der Waals surface area contributed by atoms with Crippen molar-refractivity contribution in [2.75, 3.05) is 18.8 Å². The summed E-state index contributed by atoms with van der Waals surface area (Å²) in [6.07, 6.45) is 3.79. The molecule has 3 nitrogen and oxygen atoms in total. The number of sulfone groups is 1. The van der Waals surface area contributed by atoms with Crippen LogP contribution >= 0.6 is 0 Å². The van der Waals surface area contributed by atoms with E-state index in [0.29, 0.717) is 11.8 Å². The minimum Gasteiger partial charge on any atom is -0.298 e. The SMILES string of the molecule is C[C@@H]1[C@H](N2CCCCC2)CS1(=O)=O. The zero-order chi connectivity index (χ0) is 9.47. The summed E-state index contributed by atoms with van der Waals surface area (Å²) in [7, 11) is -2.70. The summed E-state index contributed by atoms with van der Waals surface area (Å²) >= 11 is 0. The van der Waals surface area contributed by atoms with E-state index >= 15 is 0 Å². The molecule has 0 bridgehead atoms. The van der Waals surface area contributed by atoms with Crippen molar-refractivity contribution in [2.45, 2.75) is 37.5 Å². The maximum atomic E-state index is 11.2. The fourth-order valence-electron chi connectivity index (χ4n) is 2.29. The van der Waals surface area contributed by atoms with E-state index in [9.17, 15) is 8.42 Å². The third kappa shape index (κ3) is 1.62. The van der Waals surface area contributed by atoms with Crippen molar-refractivity contribution in [1.29, 1.82) is 0 Å². The highest BCUT2D eigenvalue weighted by Gasteiger charge is 2.45. The van der Waals surface area contributed by atoms with Crippen LogP contribution in [0.5, 0.6) is 0 Å². The lowest BCUT2D eigenvalue weighted by Gasteiger charge is -2.43. The molecule has 2 aliphatic rings. The molecule has 0 saturated carbocycles. The molecule has 0 aromatic rings. The molecule has 2 atom stereocenters. The van der Waals surface area contributed by atoms with E-state index in [1.165, 1.54) is 19.3 Å². The quantitative estimate of drug-likeness (QED) is 0.628. The highest BCUT2D eigenvalue weighted by atomic mass is 32.2. The van der Waals surface area contributed by atoms with Crippen molar-refractivity contribution < 1.29 is 8.42 Å². The minimum atomic E-state index is -2.70. The first-order chi connectivity index (χ1) is 6.11. The van der Waals surface area contributed by atoms with Crippen LogP contribution in [0.25, 0.3) is 0 Å². The second kappa shape index (κ2) is 3.24. The van der Waals surface area contributed by atoms with E-state index in [1.54, 1.807) is 0 Å². The Hall–Kier alpha value is -0.0900. The molecule has 4 heteroatoms. The summed E-state index contributed by atoms with van der Waals surface area (Å²) in [6, 6.07) is 0.324. The molecule has 0 radical (unpaired) electrons. The van der Waals surface area contributed by atoms with Crippen LogP contribution in [0, 0.1) is 0 Å². The fraction of sp³-hybridized carbons (Fsp3) is 1.00. The van der Waals surface area contributed by atoms with E-state index in [0.717, 1.165) is 13.1 Å². The molecule has 0 aromatic carbocycles. The van der Waals surface area contributed by atoms with E-state index in [4.69, 9.17) is 0 Å². The smallest absolute Gasteiger partial charge is 0.156 e. The lowest BCUT2D eigenvalue weighted by Crippen LogP contribution is -2.60. The Balaban J connectivity index is 1.96. The van der Waals surface area contributed by atoms with E-state index in [1.807, 2.05) is 6.92 Å². The predicted octanol–water partition coefficient (Wildman–Crippen LogP) is 0.658. The average Bonchev–Trinajstić information content (AvgIpc) is 2.15. The zero-order valence-corrected chi connectivity index (χ0v) is 8.89. The van der Waals surface area contributed by atoms with Gasteiger partial charge in [-0.2, -0.15) is 0 Å². The van der Waals surface area contributed by atoms with Gasteiger partial charge in [0, 0.05) is 6.04 Å². The summed E-state index contributed by atoms with van der Waals surface area (Å²) in [5, 5.41) is -0.120. The van der Waals surface area contributed by atoms with Gasteiger partial charge in [-0.25, -0.2) is 8.42 Å². The molecule has 2 fully saturated rings. The van der Waals surface area contributed by atoms with Crippen molar-refractivity contribution in [3.05, 3.63) is 0 Å². The molecule has 2 saturated heterocycles. The van der Waals surface area contributed by atoms with Gasteiger partial charge < -0.3 is 0 Å². The van der Waals surface area contributed by atoms with Crippen molar-refractivity contribution in [3.63, 3.8) is 0 Å². The Labute approximate surface area is 80.0 Å². The average molecular weight is 203 g/mol. The number of piperidine rings is 1. The normalized spacial score (nSPS) is 39.8. The number of rotatable bonds is 1. The Morgan fingerprint density at radius 1 is 1.15 bits per heavy atom. The first-order valence-corrected chi connectivity index (χ1v) is 6.78. The second-order valence-corrected chi connectivity index (χ2v) is 6.60. The van der Waals surface area contributed by atoms with Crippen LogP contribution in [0.3, 0.4) is 0 Å². The summed E-state index contributed by atoms with van der Waals surface area (Å²) in [5.41, 5.74) is 0. The predicted molar refractivity (Wildman–Crippen MR) is 52.5 cm³/mol. The van der Waals surface area contributed by atoms with Gasteiger partial charge in [-0.1, -0.05) is 6.42 Å². The van der Waals surface area contributed by atoms with Gasteiger partial charge in [0.05, 0.1) is 11.0 Å². The molecule has 2 aliphatic heterocycles. The maximum absolute atomic E-state index is 11.2. The van der Waals surface area contributed by atoms with Gasteiger partial charge in [0.25, 0.3) is 0 Å². The number of hydrogen-bond donors (Lipinski definition) is 0. The Morgan fingerprint density at radius 2 is 1.77 bits per heavy atom. The summed E-state index contributed by atoms with van der Waals surface area (Å²) in [5.74, 6) is 0.397. The zero-order valence-electron chi connectivity index (χ0n) is 8.07. The van der Waals surface area contributed by atoms with Gasteiger partial charge in [-0.3, -0.25) is 4.90 Å². The molecule has 0 aliphatic carbocycles. The Morgan fingerprint density at radius 3 is 2.23 bits per heavy atom. The monoisotopic (exact) mass is 203 g/mol. The van der Waals surface area contributed by atoms with Crippen molar-refractivity contribution >= 4 is 9.84 Å². The van der Waals surface area contributed by atoms with Crippen molar-refractivity contribution in [3.8, 4) is 0 Å². The first-order valence-electron chi connectivity index (χ1n) is 5.07. The van der Waals surface area contributed by atoms with E-state index < -0.39 is 9.84 Å². The van der Waals surface area contributed by atoms with Gasteiger partial charge in [0.15, 0.2) is 9.84 Å². The van der Waals surface area contributed by atoms with Crippen LogP contribution in [0.1, 0.15) is 26.2 Å². The third-order valence-electron chi connectivity index (χ3n) is 3.37. The van der Waals surface area contributed by atoms with Crippen LogP contribution in [0.15, 0.2) is 0 Å².